The zero-order valence-corrected chi connectivity index (χ0v) is 15.1. The molecule has 0 aliphatic carbocycles. The Balaban J connectivity index is 1.61. The summed E-state index contributed by atoms with van der Waals surface area (Å²) < 4.78 is 0. The molecule has 1 aromatic heterocycles. The van der Waals surface area contributed by atoms with Crippen LogP contribution in [-0.4, -0.2) is 29.8 Å². The fourth-order valence-corrected chi connectivity index (χ4v) is 4.24. The number of rotatable bonds is 4. The molecule has 126 valence electrons. The van der Waals surface area contributed by atoms with Gasteiger partial charge in [0.2, 0.25) is 5.91 Å². The lowest BCUT2D eigenvalue weighted by atomic mass is 10.2. The van der Waals surface area contributed by atoms with Gasteiger partial charge in [0.1, 0.15) is 0 Å². The Morgan fingerprint density at radius 2 is 2.12 bits per heavy atom. The predicted octanol–water partition coefficient (Wildman–Crippen LogP) is 4.15. The van der Waals surface area contributed by atoms with Gasteiger partial charge in [0.25, 0.3) is 5.91 Å². The van der Waals surface area contributed by atoms with Gasteiger partial charge in [-0.25, -0.2) is 0 Å². The summed E-state index contributed by atoms with van der Waals surface area (Å²) in [6.45, 7) is 0.679. The van der Waals surface area contributed by atoms with E-state index >= 15 is 0 Å². The number of hydrogen-bond acceptors (Lipinski definition) is 3. The van der Waals surface area contributed by atoms with Gasteiger partial charge >= 0.3 is 0 Å². The molecule has 0 radical (unpaired) electrons. The van der Waals surface area contributed by atoms with E-state index in [2.05, 4.69) is 5.32 Å². The van der Waals surface area contributed by atoms with E-state index in [1.807, 2.05) is 22.4 Å². The predicted molar refractivity (Wildman–Crippen MR) is 96.8 cm³/mol. The highest BCUT2D eigenvalue weighted by Gasteiger charge is 2.30. The van der Waals surface area contributed by atoms with Gasteiger partial charge in [0.05, 0.1) is 23.2 Å². The van der Waals surface area contributed by atoms with E-state index in [0.29, 0.717) is 10.6 Å². The smallest absolute Gasteiger partial charge is 0.253 e. The van der Waals surface area contributed by atoms with Gasteiger partial charge in [-0.05, 0) is 42.5 Å². The number of halogens is 2. The van der Waals surface area contributed by atoms with Gasteiger partial charge in [-0.2, -0.15) is 0 Å². The lowest BCUT2D eigenvalue weighted by Gasteiger charge is -2.24. The fourth-order valence-electron chi connectivity index (χ4n) is 2.87. The van der Waals surface area contributed by atoms with E-state index in [0.717, 1.165) is 19.4 Å². The summed E-state index contributed by atoms with van der Waals surface area (Å²) in [5.41, 5.74) is 0.310. The highest BCUT2D eigenvalue weighted by atomic mass is 35.5. The second kappa shape index (κ2) is 7.55. The quantitative estimate of drug-likeness (QED) is 0.863. The zero-order valence-electron chi connectivity index (χ0n) is 12.8. The van der Waals surface area contributed by atoms with Crippen molar-refractivity contribution in [3.63, 3.8) is 0 Å². The summed E-state index contributed by atoms with van der Waals surface area (Å²) in [6.07, 6.45) is 1.94. The summed E-state index contributed by atoms with van der Waals surface area (Å²) in [5.74, 6) is -0.457. The first-order valence-corrected chi connectivity index (χ1v) is 9.26. The molecule has 1 atom stereocenters. The molecular formula is C17H16Cl2N2O2S. The van der Waals surface area contributed by atoms with Crippen LogP contribution in [0.2, 0.25) is 10.0 Å². The number of nitrogens with one attached hydrogen (secondary N) is 1. The van der Waals surface area contributed by atoms with Crippen LogP contribution >= 0.6 is 34.5 Å². The molecule has 7 heteroatoms. The van der Waals surface area contributed by atoms with Crippen molar-refractivity contribution in [2.45, 2.75) is 18.9 Å². The van der Waals surface area contributed by atoms with E-state index in [1.165, 1.54) is 10.9 Å². The van der Waals surface area contributed by atoms with Crippen molar-refractivity contribution in [1.29, 1.82) is 0 Å². The third-order valence-corrected chi connectivity index (χ3v) is 5.54. The van der Waals surface area contributed by atoms with Crippen molar-refractivity contribution in [1.82, 2.24) is 10.2 Å². The van der Waals surface area contributed by atoms with Crippen molar-refractivity contribution >= 4 is 46.4 Å². The van der Waals surface area contributed by atoms with Gasteiger partial charge in [0, 0.05) is 16.4 Å². The molecule has 2 aromatic rings. The maximum absolute atomic E-state index is 12.5. The summed E-state index contributed by atoms with van der Waals surface area (Å²) in [4.78, 5) is 27.7. The Labute approximate surface area is 154 Å². The molecule has 1 unspecified atom stereocenters. The number of nitrogens with zero attached hydrogens (tertiary/aromatic N) is 1. The highest BCUT2D eigenvalue weighted by Crippen LogP contribution is 2.34. The van der Waals surface area contributed by atoms with Crippen LogP contribution in [0.3, 0.4) is 0 Å². The van der Waals surface area contributed by atoms with Crippen molar-refractivity contribution < 1.29 is 9.59 Å². The summed E-state index contributed by atoms with van der Waals surface area (Å²) in [6, 6.07) is 8.81. The second-order valence-corrected chi connectivity index (χ2v) is 7.39. The highest BCUT2D eigenvalue weighted by molar-refractivity contribution is 7.10. The number of likely N-dealkylation sites (tertiary alicyclic amines) is 1. The van der Waals surface area contributed by atoms with Crippen molar-refractivity contribution in [3.05, 3.63) is 56.2 Å². The summed E-state index contributed by atoms with van der Waals surface area (Å²) in [5, 5.41) is 5.39. The average Bonchev–Trinajstić information content (AvgIpc) is 3.22. The number of carbonyl (C=O) groups is 2. The lowest BCUT2D eigenvalue weighted by Crippen LogP contribution is -2.39. The monoisotopic (exact) mass is 382 g/mol. The van der Waals surface area contributed by atoms with Gasteiger partial charge in [-0.15, -0.1) is 11.3 Å². The molecule has 1 aromatic carbocycles. The van der Waals surface area contributed by atoms with Gasteiger partial charge in [-0.1, -0.05) is 29.3 Å². The van der Waals surface area contributed by atoms with Gasteiger partial charge in [-0.3, -0.25) is 9.59 Å². The molecule has 2 amide bonds. The molecule has 0 saturated carbocycles. The maximum atomic E-state index is 12.5. The third kappa shape index (κ3) is 3.74. The lowest BCUT2D eigenvalue weighted by molar-refractivity contribution is -0.131. The van der Waals surface area contributed by atoms with Crippen molar-refractivity contribution in [3.8, 4) is 0 Å². The molecule has 24 heavy (non-hydrogen) atoms. The SMILES string of the molecule is O=C(NCC(=O)N1CCCC1c1cccs1)c1ccc(Cl)cc1Cl. The second-order valence-electron chi connectivity index (χ2n) is 5.57. The van der Waals surface area contributed by atoms with E-state index < -0.39 is 0 Å². The van der Waals surface area contributed by atoms with Crippen LogP contribution in [0.5, 0.6) is 0 Å². The number of benzene rings is 1. The molecule has 1 fully saturated rings. The molecule has 1 saturated heterocycles. The Hall–Kier alpha value is -1.56. The van der Waals surface area contributed by atoms with Gasteiger partial charge in [0.15, 0.2) is 0 Å². The molecule has 1 aliphatic rings. The largest absolute Gasteiger partial charge is 0.343 e. The summed E-state index contributed by atoms with van der Waals surface area (Å²) in [7, 11) is 0. The van der Waals surface area contributed by atoms with Crippen LogP contribution in [0, 0.1) is 0 Å². The topological polar surface area (TPSA) is 49.4 Å². The van der Waals surface area contributed by atoms with E-state index in [1.54, 1.807) is 23.5 Å². The van der Waals surface area contributed by atoms with Crippen molar-refractivity contribution in [2.24, 2.45) is 0 Å². The third-order valence-electron chi connectivity index (χ3n) is 4.02. The van der Waals surface area contributed by atoms with Crippen LogP contribution in [0.15, 0.2) is 35.7 Å². The normalized spacial score (nSPS) is 17.1. The standard InChI is InChI=1S/C17H16Cl2N2O2S/c18-11-5-6-12(13(19)9-11)17(23)20-10-16(22)21-7-1-3-14(21)15-4-2-8-24-15/h2,4-6,8-9,14H,1,3,7,10H2,(H,20,23). The first kappa shape index (κ1) is 17.3. The van der Waals surface area contributed by atoms with Crippen LogP contribution < -0.4 is 5.32 Å². The van der Waals surface area contributed by atoms with Crippen LogP contribution in [-0.2, 0) is 4.79 Å². The summed E-state index contributed by atoms with van der Waals surface area (Å²) >= 11 is 13.5. The number of hydrogen-bond donors (Lipinski definition) is 1. The molecule has 4 nitrogen and oxygen atoms in total. The molecule has 3 rings (SSSR count). The number of thiophene rings is 1. The molecule has 0 spiro atoms. The Bertz CT molecular complexity index is 749. The molecular weight excluding hydrogens is 367 g/mol. The molecule has 2 heterocycles. The number of amides is 2. The van der Waals surface area contributed by atoms with E-state index in [4.69, 9.17) is 23.2 Å². The Morgan fingerprint density at radius 3 is 2.83 bits per heavy atom. The minimum absolute atomic E-state index is 0.0420. The fraction of sp³-hybridized carbons (Fsp3) is 0.294. The van der Waals surface area contributed by atoms with E-state index in [-0.39, 0.29) is 29.4 Å². The van der Waals surface area contributed by atoms with E-state index in [9.17, 15) is 9.59 Å². The Kier molecular flexibility index (Phi) is 5.43. The van der Waals surface area contributed by atoms with Gasteiger partial charge < -0.3 is 10.2 Å². The average molecular weight is 383 g/mol. The molecule has 1 aliphatic heterocycles. The Morgan fingerprint density at radius 1 is 1.29 bits per heavy atom. The minimum Gasteiger partial charge on any atom is -0.343 e. The maximum Gasteiger partial charge on any atom is 0.253 e. The molecule has 1 N–H and O–H groups in total. The first-order chi connectivity index (χ1) is 11.6. The zero-order chi connectivity index (χ0) is 17.1. The van der Waals surface area contributed by atoms with Crippen LogP contribution in [0.4, 0.5) is 0 Å². The van der Waals surface area contributed by atoms with Crippen LogP contribution in [0.1, 0.15) is 34.1 Å². The minimum atomic E-state index is -0.378. The number of carbonyl (C=O) groups excluding carboxylic acids is 2. The van der Waals surface area contributed by atoms with Crippen molar-refractivity contribution in [2.75, 3.05) is 13.1 Å². The molecule has 0 bridgehead atoms. The first-order valence-electron chi connectivity index (χ1n) is 7.62. The van der Waals surface area contributed by atoms with Crippen LogP contribution in [0.25, 0.3) is 0 Å².